The van der Waals surface area contributed by atoms with E-state index in [2.05, 4.69) is 18.7 Å². The zero-order valence-corrected chi connectivity index (χ0v) is 14.0. The molecule has 0 amide bonds. The summed E-state index contributed by atoms with van der Waals surface area (Å²) in [5.74, 6) is -0.361. The van der Waals surface area contributed by atoms with Crippen LogP contribution in [0.25, 0.3) is 6.08 Å². The van der Waals surface area contributed by atoms with Crippen molar-refractivity contribution in [2.75, 3.05) is 26.2 Å². The molecule has 1 aromatic carbocycles. The lowest BCUT2D eigenvalue weighted by atomic mass is 10.2. The van der Waals surface area contributed by atoms with E-state index >= 15 is 0 Å². The highest BCUT2D eigenvalue weighted by Crippen LogP contribution is 2.21. The van der Waals surface area contributed by atoms with E-state index in [1.807, 2.05) is 0 Å². The molecule has 116 valence electrons. The topological polar surface area (TPSA) is 29.5 Å². The normalized spacial score (nSPS) is 11.3. The van der Waals surface area contributed by atoms with Crippen LogP contribution in [0.4, 0.5) is 0 Å². The maximum atomic E-state index is 11.6. The quantitative estimate of drug-likeness (QED) is 0.405. The van der Waals surface area contributed by atoms with Gasteiger partial charge in [-0.2, -0.15) is 0 Å². The molecule has 0 atom stereocenters. The molecule has 1 aromatic rings. The molecule has 3 nitrogen and oxygen atoms in total. The number of benzene rings is 1. The van der Waals surface area contributed by atoms with Gasteiger partial charge >= 0.3 is 5.97 Å². The van der Waals surface area contributed by atoms with Crippen LogP contribution in [0.2, 0.25) is 10.0 Å². The van der Waals surface area contributed by atoms with Crippen LogP contribution in [0.3, 0.4) is 0 Å². The van der Waals surface area contributed by atoms with Crippen LogP contribution in [0.15, 0.2) is 24.3 Å². The van der Waals surface area contributed by atoms with Gasteiger partial charge in [0.1, 0.15) is 0 Å². The van der Waals surface area contributed by atoms with Crippen LogP contribution >= 0.6 is 23.2 Å². The van der Waals surface area contributed by atoms with E-state index in [4.69, 9.17) is 27.9 Å². The van der Waals surface area contributed by atoms with Crippen molar-refractivity contribution in [3.8, 4) is 0 Å². The molecule has 0 bridgehead atoms. The van der Waals surface area contributed by atoms with E-state index in [0.717, 1.165) is 31.6 Å². The minimum Gasteiger partial charge on any atom is -0.462 e. The zero-order chi connectivity index (χ0) is 15.7. The van der Waals surface area contributed by atoms with Gasteiger partial charge in [-0.05, 0) is 43.3 Å². The Morgan fingerprint density at radius 2 is 2.00 bits per heavy atom. The van der Waals surface area contributed by atoms with Crippen molar-refractivity contribution < 1.29 is 9.53 Å². The van der Waals surface area contributed by atoms with Gasteiger partial charge in [0.2, 0.25) is 0 Å². The van der Waals surface area contributed by atoms with Gasteiger partial charge in [-0.25, -0.2) is 4.79 Å². The van der Waals surface area contributed by atoms with E-state index in [1.54, 1.807) is 24.3 Å². The molecule has 0 radical (unpaired) electrons. The molecule has 0 saturated carbocycles. The summed E-state index contributed by atoms with van der Waals surface area (Å²) < 4.78 is 5.15. The summed E-state index contributed by atoms with van der Waals surface area (Å²) in [5, 5.41) is 1.07. The van der Waals surface area contributed by atoms with Gasteiger partial charge in [0.25, 0.3) is 0 Å². The number of hydrogen-bond donors (Lipinski definition) is 0. The standard InChI is InChI=1S/C16H21Cl2NO2/c1-3-19(4-2)10-5-11-21-16(20)9-7-13-6-8-14(17)12-15(13)18/h6-9,12H,3-5,10-11H2,1-2H3/b9-7-. The second kappa shape index (κ2) is 9.82. The third-order valence-electron chi connectivity index (χ3n) is 3.12. The van der Waals surface area contributed by atoms with Crippen molar-refractivity contribution in [1.29, 1.82) is 0 Å². The molecule has 0 heterocycles. The van der Waals surface area contributed by atoms with Crippen LogP contribution in [0, 0.1) is 0 Å². The predicted octanol–water partition coefficient (Wildman–Crippen LogP) is 4.28. The molecule has 5 heteroatoms. The summed E-state index contributed by atoms with van der Waals surface area (Å²) in [6.07, 6.45) is 3.85. The lowest BCUT2D eigenvalue weighted by Crippen LogP contribution is -2.25. The lowest BCUT2D eigenvalue weighted by Gasteiger charge is -2.17. The van der Waals surface area contributed by atoms with Crippen LogP contribution in [0.1, 0.15) is 25.8 Å². The Hall–Kier alpha value is -1.03. The van der Waals surface area contributed by atoms with Gasteiger partial charge < -0.3 is 9.64 Å². The molecular formula is C16H21Cl2NO2. The maximum Gasteiger partial charge on any atom is 0.330 e. The highest BCUT2D eigenvalue weighted by molar-refractivity contribution is 6.35. The van der Waals surface area contributed by atoms with E-state index in [1.165, 1.54) is 6.08 Å². The van der Waals surface area contributed by atoms with Crippen LogP contribution in [0.5, 0.6) is 0 Å². The highest BCUT2D eigenvalue weighted by atomic mass is 35.5. The first kappa shape index (κ1) is 18.0. The van der Waals surface area contributed by atoms with Crippen molar-refractivity contribution in [3.63, 3.8) is 0 Å². The number of carbonyl (C=O) groups is 1. The van der Waals surface area contributed by atoms with Crippen LogP contribution in [-0.2, 0) is 9.53 Å². The Balaban J connectivity index is 2.35. The van der Waals surface area contributed by atoms with E-state index in [-0.39, 0.29) is 5.97 Å². The summed E-state index contributed by atoms with van der Waals surface area (Å²) in [4.78, 5) is 13.9. The van der Waals surface area contributed by atoms with Gasteiger partial charge in [0.05, 0.1) is 6.61 Å². The Morgan fingerprint density at radius 3 is 2.62 bits per heavy atom. The summed E-state index contributed by atoms with van der Waals surface area (Å²) in [7, 11) is 0. The van der Waals surface area contributed by atoms with Crippen LogP contribution < -0.4 is 0 Å². The molecular weight excluding hydrogens is 309 g/mol. The molecule has 0 aliphatic heterocycles. The molecule has 0 aromatic heterocycles. The second-order valence-electron chi connectivity index (χ2n) is 4.55. The monoisotopic (exact) mass is 329 g/mol. The molecule has 21 heavy (non-hydrogen) atoms. The summed E-state index contributed by atoms with van der Waals surface area (Å²) >= 11 is 11.8. The van der Waals surface area contributed by atoms with Crippen molar-refractivity contribution in [3.05, 3.63) is 39.9 Å². The number of esters is 1. The number of carbonyl (C=O) groups excluding carboxylic acids is 1. The van der Waals surface area contributed by atoms with Crippen LogP contribution in [-0.4, -0.2) is 37.1 Å². The van der Waals surface area contributed by atoms with Crippen molar-refractivity contribution in [1.82, 2.24) is 4.90 Å². The third kappa shape index (κ3) is 6.98. The lowest BCUT2D eigenvalue weighted by molar-refractivity contribution is -0.137. The highest BCUT2D eigenvalue weighted by Gasteiger charge is 2.02. The van der Waals surface area contributed by atoms with Crippen molar-refractivity contribution in [2.45, 2.75) is 20.3 Å². The Labute approximate surface area is 136 Å². The predicted molar refractivity (Wildman–Crippen MR) is 88.9 cm³/mol. The average molecular weight is 330 g/mol. The molecule has 0 fully saturated rings. The largest absolute Gasteiger partial charge is 0.462 e. The molecule has 0 N–H and O–H groups in total. The first-order valence-electron chi connectivity index (χ1n) is 7.09. The third-order valence-corrected chi connectivity index (χ3v) is 3.68. The minimum atomic E-state index is -0.361. The maximum absolute atomic E-state index is 11.6. The average Bonchev–Trinajstić information content (AvgIpc) is 2.46. The zero-order valence-electron chi connectivity index (χ0n) is 12.4. The fourth-order valence-electron chi connectivity index (χ4n) is 1.84. The van der Waals surface area contributed by atoms with Gasteiger partial charge in [0, 0.05) is 22.7 Å². The first-order valence-corrected chi connectivity index (χ1v) is 7.84. The molecule has 0 unspecified atom stereocenters. The molecule has 0 aliphatic rings. The van der Waals surface area contributed by atoms with Gasteiger partial charge in [-0.1, -0.05) is 43.1 Å². The fourth-order valence-corrected chi connectivity index (χ4v) is 2.31. The van der Waals surface area contributed by atoms with Gasteiger partial charge in [-0.15, -0.1) is 0 Å². The minimum absolute atomic E-state index is 0.361. The van der Waals surface area contributed by atoms with Crippen molar-refractivity contribution >= 4 is 35.2 Å². The van der Waals surface area contributed by atoms with Gasteiger partial charge in [0.15, 0.2) is 0 Å². The van der Waals surface area contributed by atoms with E-state index < -0.39 is 0 Å². The summed E-state index contributed by atoms with van der Waals surface area (Å²) in [6.45, 7) is 7.63. The first-order chi connectivity index (χ1) is 10.1. The molecule has 0 saturated heterocycles. The summed E-state index contributed by atoms with van der Waals surface area (Å²) in [6, 6.07) is 5.12. The number of halogens is 2. The fraction of sp³-hybridized carbons (Fsp3) is 0.438. The summed E-state index contributed by atoms with van der Waals surface area (Å²) in [5.41, 5.74) is 0.737. The number of nitrogens with zero attached hydrogens (tertiary/aromatic N) is 1. The molecule has 0 aliphatic carbocycles. The Morgan fingerprint density at radius 1 is 1.29 bits per heavy atom. The Kier molecular flexibility index (Phi) is 8.43. The Bertz CT molecular complexity index is 485. The van der Waals surface area contributed by atoms with E-state index in [9.17, 15) is 4.79 Å². The molecule has 1 rings (SSSR count). The number of hydrogen-bond acceptors (Lipinski definition) is 3. The smallest absolute Gasteiger partial charge is 0.330 e. The van der Waals surface area contributed by atoms with E-state index in [0.29, 0.717) is 16.7 Å². The number of rotatable bonds is 8. The molecule has 0 spiro atoms. The second-order valence-corrected chi connectivity index (χ2v) is 5.39. The van der Waals surface area contributed by atoms with Crippen molar-refractivity contribution in [2.24, 2.45) is 0 Å². The SMILES string of the molecule is CCN(CC)CCCOC(=O)/C=C\c1ccc(Cl)cc1Cl. The van der Waals surface area contributed by atoms with Gasteiger partial charge in [-0.3, -0.25) is 0 Å². The number of ether oxygens (including phenoxy) is 1.